The van der Waals surface area contributed by atoms with Gasteiger partial charge in [0.05, 0.1) is 30.4 Å². The Morgan fingerprint density at radius 1 is 1.35 bits per heavy atom. The fourth-order valence-electron chi connectivity index (χ4n) is 2.18. The van der Waals surface area contributed by atoms with Crippen molar-refractivity contribution in [3.63, 3.8) is 0 Å². The number of hydrogen-bond acceptors (Lipinski definition) is 6. The van der Waals surface area contributed by atoms with Crippen LogP contribution in [0.1, 0.15) is 37.6 Å². The largest absolute Gasteiger partial charge is 0.491 e. The molecule has 2 rings (SSSR count). The minimum absolute atomic E-state index is 0.144. The smallest absolute Gasteiger partial charge is 0.345 e. The van der Waals surface area contributed by atoms with Crippen molar-refractivity contribution < 1.29 is 14.3 Å². The van der Waals surface area contributed by atoms with Crippen molar-refractivity contribution in [3.05, 3.63) is 52.7 Å². The van der Waals surface area contributed by atoms with Gasteiger partial charge in [0.2, 0.25) is 0 Å². The van der Waals surface area contributed by atoms with Crippen LogP contribution in [0, 0.1) is 16.7 Å². The van der Waals surface area contributed by atoms with Gasteiger partial charge in [0, 0.05) is 6.20 Å². The molecule has 136 valence electrons. The van der Waals surface area contributed by atoms with Gasteiger partial charge in [0.1, 0.15) is 17.6 Å². The van der Waals surface area contributed by atoms with E-state index in [0.29, 0.717) is 24.5 Å². The predicted molar refractivity (Wildman–Crippen MR) is 95.3 cm³/mol. The molecule has 0 fully saturated rings. The summed E-state index contributed by atoms with van der Waals surface area (Å²) in [7, 11) is 0. The van der Waals surface area contributed by atoms with Crippen molar-refractivity contribution in [2.45, 2.75) is 27.2 Å². The molecule has 1 heterocycles. The molecule has 7 nitrogen and oxygen atoms in total. The van der Waals surface area contributed by atoms with Gasteiger partial charge in [0.15, 0.2) is 0 Å². The van der Waals surface area contributed by atoms with E-state index in [4.69, 9.17) is 14.7 Å². The van der Waals surface area contributed by atoms with Crippen LogP contribution < -0.4 is 10.3 Å². The Morgan fingerprint density at radius 3 is 2.77 bits per heavy atom. The van der Waals surface area contributed by atoms with Gasteiger partial charge in [-0.15, -0.1) is 0 Å². The van der Waals surface area contributed by atoms with E-state index < -0.39 is 16.9 Å². The SMILES string of the molecule is CCOC(=O)c1cncn(-c2ccccc2OCCC(C)(C)C#N)c1=O. The van der Waals surface area contributed by atoms with Crippen molar-refractivity contribution in [2.75, 3.05) is 13.2 Å². The number of nitrogens with zero attached hydrogens (tertiary/aromatic N) is 3. The third kappa shape index (κ3) is 4.48. The van der Waals surface area contributed by atoms with Crippen LogP contribution in [0.3, 0.4) is 0 Å². The van der Waals surface area contributed by atoms with Gasteiger partial charge < -0.3 is 9.47 Å². The molecule has 0 aliphatic rings. The zero-order valence-electron chi connectivity index (χ0n) is 15.1. The minimum atomic E-state index is -0.714. The third-order valence-electron chi connectivity index (χ3n) is 3.74. The van der Waals surface area contributed by atoms with Crippen molar-refractivity contribution in [3.8, 4) is 17.5 Å². The van der Waals surface area contributed by atoms with E-state index in [1.165, 1.54) is 17.1 Å². The quantitative estimate of drug-likeness (QED) is 0.709. The highest BCUT2D eigenvalue weighted by Gasteiger charge is 2.18. The summed E-state index contributed by atoms with van der Waals surface area (Å²) in [5.74, 6) is -0.250. The zero-order chi connectivity index (χ0) is 19.2. The van der Waals surface area contributed by atoms with E-state index in [0.717, 1.165) is 0 Å². The van der Waals surface area contributed by atoms with Crippen molar-refractivity contribution in [1.82, 2.24) is 9.55 Å². The normalized spacial score (nSPS) is 10.8. The molecule has 0 saturated carbocycles. The van der Waals surface area contributed by atoms with Gasteiger partial charge >= 0.3 is 5.97 Å². The molecule has 0 bridgehead atoms. The lowest BCUT2D eigenvalue weighted by molar-refractivity contribution is 0.0523. The zero-order valence-corrected chi connectivity index (χ0v) is 15.1. The average molecular weight is 355 g/mol. The second-order valence-electron chi connectivity index (χ2n) is 6.26. The molecule has 0 aliphatic heterocycles. The van der Waals surface area contributed by atoms with E-state index in [1.54, 1.807) is 31.2 Å². The molecule has 0 unspecified atom stereocenters. The Bertz CT molecular complexity index is 881. The second-order valence-corrected chi connectivity index (χ2v) is 6.26. The molecule has 0 saturated heterocycles. The molecule has 0 N–H and O–H groups in total. The molecular formula is C19H21N3O4. The van der Waals surface area contributed by atoms with Crippen molar-refractivity contribution in [2.24, 2.45) is 5.41 Å². The summed E-state index contributed by atoms with van der Waals surface area (Å²) in [4.78, 5) is 28.5. The van der Waals surface area contributed by atoms with Gasteiger partial charge in [0.25, 0.3) is 5.56 Å². The number of rotatable bonds is 7. The number of hydrogen-bond donors (Lipinski definition) is 0. The summed E-state index contributed by atoms with van der Waals surface area (Å²) < 4.78 is 11.9. The molecule has 7 heteroatoms. The molecule has 0 radical (unpaired) electrons. The van der Waals surface area contributed by atoms with Crippen molar-refractivity contribution in [1.29, 1.82) is 5.26 Å². The Hall–Kier alpha value is -3.14. The third-order valence-corrected chi connectivity index (χ3v) is 3.74. The lowest BCUT2D eigenvalue weighted by Crippen LogP contribution is -2.27. The van der Waals surface area contributed by atoms with E-state index in [9.17, 15) is 9.59 Å². The molecule has 0 amide bonds. The first-order valence-corrected chi connectivity index (χ1v) is 8.27. The summed E-state index contributed by atoms with van der Waals surface area (Å²) in [6.45, 7) is 5.82. The predicted octanol–water partition coefficient (Wildman–Crippen LogP) is 2.73. The highest BCUT2D eigenvalue weighted by molar-refractivity contribution is 5.88. The maximum absolute atomic E-state index is 12.6. The van der Waals surface area contributed by atoms with E-state index in [2.05, 4.69) is 11.1 Å². The number of para-hydroxylation sites is 2. The number of esters is 1. The summed E-state index contributed by atoms with van der Waals surface area (Å²) >= 11 is 0. The van der Waals surface area contributed by atoms with E-state index in [1.807, 2.05) is 13.8 Å². The first kappa shape index (κ1) is 19.2. The van der Waals surface area contributed by atoms with Crippen LogP contribution in [0.5, 0.6) is 5.75 Å². The second kappa shape index (κ2) is 8.30. The first-order chi connectivity index (χ1) is 12.4. The lowest BCUT2D eigenvalue weighted by Gasteiger charge is -2.17. The minimum Gasteiger partial charge on any atom is -0.491 e. The van der Waals surface area contributed by atoms with Gasteiger partial charge in [-0.1, -0.05) is 12.1 Å². The van der Waals surface area contributed by atoms with Crippen LogP contribution in [0.25, 0.3) is 5.69 Å². The highest BCUT2D eigenvalue weighted by Crippen LogP contribution is 2.24. The molecule has 1 aromatic carbocycles. The van der Waals surface area contributed by atoms with Gasteiger partial charge in [-0.25, -0.2) is 9.78 Å². The number of nitriles is 1. The van der Waals surface area contributed by atoms with Gasteiger partial charge in [-0.05, 0) is 39.3 Å². The Morgan fingerprint density at radius 2 is 2.08 bits per heavy atom. The average Bonchev–Trinajstić information content (AvgIpc) is 2.62. The van der Waals surface area contributed by atoms with Crippen LogP contribution >= 0.6 is 0 Å². The number of carbonyl (C=O) groups is 1. The molecule has 0 atom stereocenters. The fourth-order valence-corrected chi connectivity index (χ4v) is 2.18. The molecule has 1 aromatic heterocycles. The van der Waals surface area contributed by atoms with Gasteiger partial charge in [-0.2, -0.15) is 5.26 Å². The van der Waals surface area contributed by atoms with Crippen LogP contribution in [-0.2, 0) is 4.74 Å². The maximum Gasteiger partial charge on any atom is 0.345 e. The molecule has 0 aliphatic carbocycles. The Labute approximate surface area is 151 Å². The number of aromatic nitrogens is 2. The van der Waals surface area contributed by atoms with Crippen molar-refractivity contribution >= 4 is 5.97 Å². The topological polar surface area (TPSA) is 94.2 Å². The first-order valence-electron chi connectivity index (χ1n) is 8.27. The van der Waals surface area contributed by atoms with Crippen LogP contribution in [0.2, 0.25) is 0 Å². The summed E-state index contributed by atoms with van der Waals surface area (Å²) in [6, 6.07) is 9.17. The number of carbonyl (C=O) groups excluding carboxylic acids is 1. The molecule has 26 heavy (non-hydrogen) atoms. The highest BCUT2D eigenvalue weighted by atomic mass is 16.5. The van der Waals surface area contributed by atoms with Gasteiger partial charge in [-0.3, -0.25) is 9.36 Å². The molecular weight excluding hydrogens is 334 g/mol. The Balaban J connectivity index is 2.33. The van der Waals surface area contributed by atoms with E-state index in [-0.39, 0.29) is 12.2 Å². The molecule has 0 spiro atoms. The standard InChI is InChI=1S/C19H21N3O4/c1-4-25-18(24)14-11-21-13-22(17(14)23)15-7-5-6-8-16(15)26-10-9-19(2,3)12-20/h5-8,11,13H,4,9-10H2,1-3H3. The number of ether oxygens (including phenoxy) is 2. The monoisotopic (exact) mass is 355 g/mol. The summed E-state index contributed by atoms with van der Waals surface area (Å²) in [5, 5.41) is 9.08. The number of benzene rings is 1. The molecule has 2 aromatic rings. The Kier molecular flexibility index (Phi) is 6.12. The fraction of sp³-hybridized carbons (Fsp3) is 0.368. The van der Waals surface area contributed by atoms with Crippen LogP contribution in [0.4, 0.5) is 0 Å². The van der Waals surface area contributed by atoms with Crippen LogP contribution in [-0.4, -0.2) is 28.7 Å². The van der Waals surface area contributed by atoms with Crippen LogP contribution in [0.15, 0.2) is 41.6 Å². The lowest BCUT2D eigenvalue weighted by atomic mass is 9.92. The summed E-state index contributed by atoms with van der Waals surface area (Å²) in [5.41, 5.74) is -0.718. The van der Waals surface area contributed by atoms with E-state index >= 15 is 0 Å². The maximum atomic E-state index is 12.6. The summed E-state index contributed by atoms with van der Waals surface area (Å²) in [6.07, 6.45) is 3.05.